The number of thioether (sulfide) groups is 1. The van der Waals surface area contributed by atoms with Crippen LogP contribution in [-0.2, 0) is 11.2 Å². The number of carbonyl (C=O) groups excluding carboxylic acids is 1. The van der Waals surface area contributed by atoms with Gasteiger partial charge in [-0.2, -0.15) is 4.99 Å². The van der Waals surface area contributed by atoms with Crippen LogP contribution in [0.3, 0.4) is 0 Å². The number of hydrogen-bond donors (Lipinski definition) is 2. The van der Waals surface area contributed by atoms with Crippen molar-refractivity contribution in [1.29, 1.82) is 0 Å². The van der Waals surface area contributed by atoms with Gasteiger partial charge in [0.1, 0.15) is 0 Å². The molecule has 5 rings (SSSR count). The van der Waals surface area contributed by atoms with Crippen molar-refractivity contribution in [3.63, 3.8) is 0 Å². The molecule has 0 saturated carbocycles. The van der Waals surface area contributed by atoms with Crippen LogP contribution < -0.4 is 5.32 Å². The fourth-order valence-electron chi connectivity index (χ4n) is 3.19. The number of aromatic nitrogens is 4. The molecule has 2 N–H and O–H groups in total. The van der Waals surface area contributed by atoms with E-state index in [4.69, 9.17) is 0 Å². The maximum atomic E-state index is 12.3. The lowest BCUT2D eigenvalue weighted by Gasteiger charge is -2.05. The number of amides is 1. The van der Waals surface area contributed by atoms with Crippen LogP contribution in [0.2, 0.25) is 0 Å². The van der Waals surface area contributed by atoms with E-state index in [1.165, 1.54) is 17.1 Å². The molecule has 1 aliphatic heterocycles. The summed E-state index contributed by atoms with van der Waals surface area (Å²) in [6.45, 7) is 0. The molecule has 0 unspecified atom stereocenters. The van der Waals surface area contributed by atoms with E-state index in [0.717, 1.165) is 22.2 Å². The monoisotopic (exact) mass is 412 g/mol. The number of rotatable bonds is 4. The van der Waals surface area contributed by atoms with E-state index in [0.29, 0.717) is 22.3 Å². The summed E-state index contributed by atoms with van der Waals surface area (Å²) in [7, 11) is 0. The quantitative estimate of drug-likeness (QED) is 0.492. The summed E-state index contributed by atoms with van der Waals surface area (Å²) in [5.41, 5.74) is 2.92. The Morgan fingerprint density at radius 3 is 2.63 bits per heavy atom. The molecule has 0 atom stereocenters. The van der Waals surface area contributed by atoms with E-state index < -0.39 is 0 Å². The summed E-state index contributed by atoms with van der Waals surface area (Å²) in [4.78, 5) is 17.1. The highest BCUT2D eigenvalue weighted by molar-refractivity contribution is 8.18. The number of hydrogen-bond acceptors (Lipinski definition) is 6. The van der Waals surface area contributed by atoms with Gasteiger partial charge >= 0.3 is 0 Å². The lowest BCUT2D eigenvalue weighted by Crippen LogP contribution is -2.04. The molecule has 0 saturated heterocycles. The molecule has 30 heavy (non-hydrogen) atoms. The molecule has 7 nitrogen and oxygen atoms in total. The highest BCUT2D eigenvalue weighted by atomic mass is 32.2. The van der Waals surface area contributed by atoms with E-state index in [-0.39, 0.29) is 5.91 Å². The first kappa shape index (κ1) is 18.3. The molecule has 4 aromatic rings. The Hall–Kier alpha value is -3.78. The maximum absolute atomic E-state index is 12.3. The Morgan fingerprint density at radius 2 is 1.83 bits per heavy atom. The summed E-state index contributed by atoms with van der Waals surface area (Å²) in [5.74, 6) is 0.477. The predicted octanol–water partition coefficient (Wildman–Crippen LogP) is 4.03. The molecule has 3 aromatic carbocycles. The Balaban J connectivity index is 1.27. The Labute approximate surface area is 176 Å². The van der Waals surface area contributed by atoms with Crippen LogP contribution in [0.25, 0.3) is 16.8 Å². The van der Waals surface area contributed by atoms with Crippen molar-refractivity contribution in [2.75, 3.05) is 5.32 Å². The van der Waals surface area contributed by atoms with Crippen molar-refractivity contribution in [2.45, 2.75) is 6.42 Å². The fourth-order valence-corrected chi connectivity index (χ4v) is 4.02. The van der Waals surface area contributed by atoms with Gasteiger partial charge < -0.3 is 5.32 Å². The highest BCUT2D eigenvalue weighted by Gasteiger charge is 2.22. The largest absolute Gasteiger partial charge is 0.334 e. The smallest absolute Gasteiger partial charge is 0.286 e. The van der Waals surface area contributed by atoms with Gasteiger partial charge in [-0.05, 0) is 68.4 Å². The molecule has 1 amide bonds. The van der Waals surface area contributed by atoms with Gasteiger partial charge in [-0.1, -0.05) is 48.5 Å². The van der Waals surface area contributed by atoms with Gasteiger partial charge in [0.15, 0.2) is 11.0 Å². The molecular weight excluding hydrogens is 396 g/mol. The van der Waals surface area contributed by atoms with Crippen LogP contribution in [0.1, 0.15) is 17.0 Å². The Morgan fingerprint density at radius 1 is 1.00 bits per heavy atom. The fraction of sp³-hybridized carbons (Fsp3) is 0.0455. The minimum atomic E-state index is -0.231. The van der Waals surface area contributed by atoms with Gasteiger partial charge in [-0.3, -0.25) is 4.79 Å². The zero-order chi connectivity index (χ0) is 20.3. The second kappa shape index (κ2) is 7.92. The van der Waals surface area contributed by atoms with E-state index >= 15 is 0 Å². The van der Waals surface area contributed by atoms with E-state index in [9.17, 15) is 4.79 Å². The molecule has 1 aromatic heterocycles. The number of benzene rings is 3. The van der Waals surface area contributed by atoms with Crippen molar-refractivity contribution in [3.8, 4) is 0 Å². The molecule has 1 aliphatic rings. The predicted molar refractivity (Wildman–Crippen MR) is 119 cm³/mol. The van der Waals surface area contributed by atoms with Crippen LogP contribution >= 0.6 is 11.8 Å². The third-order valence-corrected chi connectivity index (χ3v) is 5.56. The van der Waals surface area contributed by atoms with Crippen LogP contribution in [0, 0.1) is 0 Å². The first-order chi connectivity index (χ1) is 14.7. The van der Waals surface area contributed by atoms with Crippen molar-refractivity contribution in [2.24, 2.45) is 4.99 Å². The zero-order valence-corrected chi connectivity index (χ0v) is 16.6. The first-order valence-electron chi connectivity index (χ1n) is 9.33. The van der Waals surface area contributed by atoms with Crippen molar-refractivity contribution < 1.29 is 4.79 Å². The summed E-state index contributed by atoms with van der Waals surface area (Å²) >= 11 is 1.34. The molecule has 0 radical (unpaired) electrons. The standard InChI is InChI=1S/C22H16N6OS/c29-21-19(12-15-5-8-16-3-1-2-4-17(16)11-15)30-22(24-21)23-18-9-6-14(7-10-18)13-20-25-27-28-26-20/h1-12H,13H2,(H,23,24,29)(H,25,26,27,28). The molecule has 0 fully saturated rings. The lowest BCUT2D eigenvalue weighted by molar-refractivity contribution is -0.113. The minimum Gasteiger partial charge on any atom is -0.334 e. The molecular formula is C22H16N6OS. The summed E-state index contributed by atoms with van der Waals surface area (Å²) in [5, 5.41) is 19.9. The number of H-pyrrole nitrogens is 1. The van der Waals surface area contributed by atoms with Gasteiger partial charge in [0.2, 0.25) is 0 Å². The summed E-state index contributed by atoms with van der Waals surface area (Å²) in [6, 6.07) is 22.2. The number of carbonyl (C=O) groups is 1. The first-order valence-corrected chi connectivity index (χ1v) is 10.1. The van der Waals surface area contributed by atoms with Gasteiger partial charge in [0, 0.05) is 12.1 Å². The number of aromatic amines is 1. The number of nitrogens with zero attached hydrogens (tertiary/aromatic N) is 4. The maximum Gasteiger partial charge on any atom is 0.286 e. The molecule has 146 valence electrons. The van der Waals surface area contributed by atoms with Crippen LogP contribution in [0.5, 0.6) is 0 Å². The topological polar surface area (TPSA) is 95.9 Å². The summed E-state index contributed by atoms with van der Waals surface area (Å²) in [6.07, 6.45) is 2.51. The second-order valence-electron chi connectivity index (χ2n) is 6.79. The van der Waals surface area contributed by atoms with Gasteiger partial charge in [0.05, 0.1) is 4.91 Å². The van der Waals surface area contributed by atoms with Crippen molar-refractivity contribution in [1.82, 2.24) is 20.6 Å². The number of amidine groups is 1. The van der Waals surface area contributed by atoms with Crippen LogP contribution in [-0.4, -0.2) is 31.7 Å². The Bertz CT molecular complexity index is 1280. The van der Waals surface area contributed by atoms with E-state index in [2.05, 4.69) is 55.2 Å². The average molecular weight is 412 g/mol. The Kier molecular flexibility index (Phi) is 4.82. The number of tetrazole rings is 1. The van der Waals surface area contributed by atoms with E-state index in [1.807, 2.05) is 48.5 Å². The molecule has 2 heterocycles. The van der Waals surface area contributed by atoms with Gasteiger partial charge in [0.25, 0.3) is 5.91 Å². The molecule has 0 spiro atoms. The second-order valence-corrected chi connectivity index (χ2v) is 7.82. The average Bonchev–Trinajstić information content (AvgIpc) is 3.39. The molecule has 0 aliphatic carbocycles. The normalized spacial score (nSPS) is 15.0. The number of nitrogens with one attached hydrogen (secondary N) is 2. The van der Waals surface area contributed by atoms with Gasteiger partial charge in [-0.25, -0.2) is 5.10 Å². The van der Waals surface area contributed by atoms with E-state index in [1.54, 1.807) is 0 Å². The van der Waals surface area contributed by atoms with Crippen LogP contribution in [0.4, 0.5) is 5.69 Å². The minimum absolute atomic E-state index is 0.231. The number of anilines is 1. The third-order valence-electron chi connectivity index (χ3n) is 4.66. The summed E-state index contributed by atoms with van der Waals surface area (Å²) < 4.78 is 0. The van der Waals surface area contributed by atoms with Crippen LogP contribution in [0.15, 0.2) is 76.6 Å². The van der Waals surface area contributed by atoms with Crippen molar-refractivity contribution in [3.05, 3.63) is 88.6 Å². The SMILES string of the molecule is O=C1N=C(Nc2ccc(Cc3nnn[nH]3)cc2)SC1=Cc1ccc2ccccc2c1. The lowest BCUT2D eigenvalue weighted by atomic mass is 10.1. The third kappa shape index (κ3) is 3.99. The number of fused-ring (bicyclic) bond motifs is 1. The molecule has 8 heteroatoms. The van der Waals surface area contributed by atoms with Crippen molar-refractivity contribution >= 4 is 45.4 Å². The highest BCUT2D eigenvalue weighted by Crippen LogP contribution is 2.30. The zero-order valence-electron chi connectivity index (χ0n) is 15.7. The molecule has 0 bridgehead atoms. The number of aliphatic imine (C=N–C) groups is 1. The van der Waals surface area contributed by atoms with Gasteiger partial charge in [-0.15, -0.1) is 5.10 Å².